The first-order valence-electron chi connectivity index (χ1n) is 5.23. The molecule has 1 aromatic carbocycles. The fourth-order valence-electron chi connectivity index (χ4n) is 1.43. The van der Waals surface area contributed by atoms with Crippen LogP contribution >= 0.6 is 23.2 Å². The van der Waals surface area contributed by atoms with Crippen LogP contribution in [0.2, 0.25) is 5.02 Å². The van der Waals surface area contributed by atoms with E-state index in [-0.39, 0.29) is 5.38 Å². The molecule has 1 atom stereocenters. The first-order chi connectivity index (χ1) is 8.25. The SMILES string of the molecule is Clc1ccc(C(Cl)C=Cc2cccnc2)cc1. The lowest BCUT2D eigenvalue weighted by Gasteiger charge is -2.04. The van der Waals surface area contributed by atoms with E-state index in [1.807, 2.05) is 48.6 Å². The van der Waals surface area contributed by atoms with Crippen molar-refractivity contribution in [3.8, 4) is 0 Å². The number of hydrogen-bond acceptors (Lipinski definition) is 1. The Morgan fingerprint density at radius 3 is 2.53 bits per heavy atom. The summed E-state index contributed by atoms with van der Waals surface area (Å²) in [5.41, 5.74) is 2.06. The molecule has 0 saturated carbocycles. The van der Waals surface area contributed by atoms with Crippen molar-refractivity contribution in [1.29, 1.82) is 0 Å². The predicted molar refractivity (Wildman–Crippen MR) is 73.3 cm³/mol. The van der Waals surface area contributed by atoms with Gasteiger partial charge in [-0.1, -0.05) is 42.0 Å². The van der Waals surface area contributed by atoms with Gasteiger partial charge < -0.3 is 0 Å². The van der Waals surface area contributed by atoms with Gasteiger partial charge in [-0.2, -0.15) is 0 Å². The van der Waals surface area contributed by atoms with Crippen LogP contribution in [0.3, 0.4) is 0 Å². The molecular formula is C14H11Cl2N. The van der Waals surface area contributed by atoms with E-state index < -0.39 is 0 Å². The van der Waals surface area contributed by atoms with E-state index in [9.17, 15) is 0 Å². The van der Waals surface area contributed by atoms with Crippen molar-refractivity contribution < 1.29 is 0 Å². The minimum atomic E-state index is -0.160. The molecule has 0 N–H and O–H groups in total. The molecule has 0 aliphatic rings. The van der Waals surface area contributed by atoms with Gasteiger partial charge in [-0.15, -0.1) is 11.6 Å². The summed E-state index contributed by atoms with van der Waals surface area (Å²) in [5, 5.41) is 0.557. The molecule has 2 rings (SSSR count). The third kappa shape index (κ3) is 3.58. The van der Waals surface area contributed by atoms with Gasteiger partial charge in [-0.3, -0.25) is 4.98 Å². The smallest absolute Gasteiger partial charge is 0.0769 e. The molecule has 0 aliphatic carbocycles. The van der Waals surface area contributed by atoms with Crippen molar-refractivity contribution in [1.82, 2.24) is 4.98 Å². The van der Waals surface area contributed by atoms with Gasteiger partial charge in [0.2, 0.25) is 0 Å². The molecular weight excluding hydrogens is 253 g/mol. The van der Waals surface area contributed by atoms with E-state index >= 15 is 0 Å². The first-order valence-corrected chi connectivity index (χ1v) is 6.05. The number of halogens is 2. The summed E-state index contributed by atoms with van der Waals surface area (Å²) >= 11 is 12.1. The number of hydrogen-bond donors (Lipinski definition) is 0. The molecule has 0 bridgehead atoms. The van der Waals surface area contributed by atoms with E-state index in [2.05, 4.69) is 4.98 Å². The minimum absolute atomic E-state index is 0.160. The van der Waals surface area contributed by atoms with Gasteiger partial charge in [-0.25, -0.2) is 0 Å². The van der Waals surface area contributed by atoms with Crippen LogP contribution in [0.15, 0.2) is 54.9 Å². The van der Waals surface area contributed by atoms with Gasteiger partial charge in [0.05, 0.1) is 5.38 Å². The Balaban J connectivity index is 2.09. The van der Waals surface area contributed by atoms with Crippen LogP contribution in [0.1, 0.15) is 16.5 Å². The Kier molecular flexibility index (Phi) is 4.18. The highest BCUT2D eigenvalue weighted by atomic mass is 35.5. The van der Waals surface area contributed by atoms with E-state index in [1.54, 1.807) is 12.4 Å². The minimum Gasteiger partial charge on any atom is -0.264 e. The number of alkyl halides is 1. The maximum Gasteiger partial charge on any atom is 0.0769 e. The van der Waals surface area contributed by atoms with Crippen molar-refractivity contribution in [2.45, 2.75) is 5.38 Å². The van der Waals surface area contributed by atoms with Crippen LogP contribution in [0, 0.1) is 0 Å². The van der Waals surface area contributed by atoms with Crippen molar-refractivity contribution in [3.63, 3.8) is 0 Å². The van der Waals surface area contributed by atoms with Crippen molar-refractivity contribution in [3.05, 3.63) is 71.0 Å². The molecule has 1 unspecified atom stereocenters. The molecule has 1 heterocycles. The summed E-state index contributed by atoms with van der Waals surface area (Å²) in [6, 6.07) is 11.4. The van der Waals surface area contributed by atoms with Gasteiger partial charge in [-0.05, 0) is 29.3 Å². The molecule has 0 aliphatic heterocycles. The molecule has 0 spiro atoms. The van der Waals surface area contributed by atoms with Crippen molar-refractivity contribution >= 4 is 29.3 Å². The maximum atomic E-state index is 6.26. The van der Waals surface area contributed by atoms with Crippen LogP contribution in [0.4, 0.5) is 0 Å². The van der Waals surface area contributed by atoms with Gasteiger partial charge in [0, 0.05) is 17.4 Å². The predicted octanol–water partition coefficient (Wildman–Crippen LogP) is 4.73. The van der Waals surface area contributed by atoms with Crippen LogP contribution in [-0.2, 0) is 0 Å². The average molecular weight is 264 g/mol. The highest BCUT2D eigenvalue weighted by Crippen LogP contribution is 2.24. The Morgan fingerprint density at radius 2 is 1.88 bits per heavy atom. The molecule has 2 aromatic rings. The molecule has 1 aromatic heterocycles. The molecule has 0 radical (unpaired) electrons. The number of benzene rings is 1. The lowest BCUT2D eigenvalue weighted by Crippen LogP contribution is -1.85. The van der Waals surface area contributed by atoms with E-state index in [1.165, 1.54) is 0 Å². The summed E-state index contributed by atoms with van der Waals surface area (Å²) in [4.78, 5) is 4.04. The number of aromatic nitrogens is 1. The molecule has 17 heavy (non-hydrogen) atoms. The fourth-order valence-corrected chi connectivity index (χ4v) is 1.77. The quantitative estimate of drug-likeness (QED) is 0.730. The molecule has 1 nitrogen and oxygen atoms in total. The van der Waals surface area contributed by atoms with E-state index in [0.29, 0.717) is 5.02 Å². The van der Waals surface area contributed by atoms with Gasteiger partial charge >= 0.3 is 0 Å². The molecule has 3 heteroatoms. The Labute approximate surface area is 111 Å². The Morgan fingerprint density at radius 1 is 1.12 bits per heavy atom. The lowest BCUT2D eigenvalue weighted by molar-refractivity contribution is 1.22. The summed E-state index contributed by atoms with van der Waals surface area (Å²) in [6.07, 6.45) is 7.43. The summed E-state index contributed by atoms with van der Waals surface area (Å²) in [5.74, 6) is 0. The third-order valence-corrected chi connectivity index (χ3v) is 2.98. The Bertz CT molecular complexity index is 491. The fraction of sp³-hybridized carbons (Fsp3) is 0.0714. The number of rotatable bonds is 3. The highest BCUT2D eigenvalue weighted by molar-refractivity contribution is 6.30. The highest BCUT2D eigenvalue weighted by Gasteiger charge is 2.02. The zero-order valence-electron chi connectivity index (χ0n) is 9.05. The van der Waals surface area contributed by atoms with Crippen LogP contribution in [-0.4, -0.2) is 4.98 Å². The Hall–Kier alpha value is -1.31. The zero-order valence-corrected chi connectivity index (χ0v) is 10.6. The van der Waals surface area contributed by atoms with Gasteiger partial charge in [0.25, 0.3) is 0 Å². The molecule has 86 valence electrons. The van der Waals surface area contributed by atoms with Crippen LogP contribution in [0.5, 0.6) is 0 Å². The summed E-state index contributed by atoms with van der Waals surface area (Å²) < 4.78 is 0. The van der Waals surface area contributed by atoms with E-state index in [4.69, 9.17) is 23.2 Å². The topological polar surface area (TPSA) is 12.9 Å². The lowest BCUT2D eigenvalue weighted by atomic mass is 10.1. The maximum absolute atomic E-state index is 6.26. The second kappa shape index (κ2) is 5.85. The second-order valence-corrected chi connectivity index (χ2v) is 4.51. The molecule has 0 amide bonds. The second-order valence-electron chi connectivity index (χ2n) is 3.60. The monoisotopic (exact) mass is 263 g/mol. The standard InChI is InChI=1S/C14H11Cl2N/c15-13-6-4-12(5-7-13)14(16)8-3-11-2-1-9-17-10-11/h1-10,14H. The summed E-state index contributed by atoms with van der Waals surface area (Å²) in [6.45, 7) is 0. The molecule has 0 fully saturated rings. The van der Waals surface area contributed by atoms with Crippen molar-refractivity contribution in [2.24, 2.45) is 0 Å². The van der Waals surface area contributed by atoms with Gasteiger partial charge in [0.1, 0.15) is 0 Å². The normalized spacial score (nSPS) is 12.8. The average Bonchev–Trinajstić information content (AvgIpc) is 2.38. The third-order valence-electron chi connectivity index (χ3n) is 2.33. The molecule has 0 saturated heterocycles. The van der Waals surface area contributed by atoms with E-state index in [0.717, 1.165) is 11.1 Å². The zero-order chi connectivity index (χ0) is 12.1. The van der Waals surface area contributed by atoms with Crippen LogP contribution in [0.25, 0.3) is 6.08 Å². The van der Waals surface area contributed by atoms with Crippen LogP contribution < -0.4 is 0 Å². The first kappa shape index (κ1) is 12.2. The summed E-state index contributed by atoms with van der Waals surface area (Å²) in [7, 11) is 0. The number of pyridine rings is 1. The van der Waals surface area contributed by atoms with Gasteiger partial charge in [0.15, 0.2) is 0 Å². The van der Waals surface area contributed by atoms with Crippen molar-refractivity contribution in [2.75, 3.05) is 0 Å². The number of allylic oxidation sites excluding steroid dienone is 1. The number of nitrogens with zero attached hydrogens (tertiary/aromatic N) is 1. The largest absolute Gasteiger partial charge is 0.264 e.